The Kier molecular flexibility index (Phi) is 6.18. The van der Waals surface area contributed by atoms with E-state index in [1.165, 1.54) is 18.1 Å². The monoisotopic (exact) mass is 451 g/mol. The second-order valence-corrected chi connectivity index (χ2v) is 7.64. The van der Waals surface area contributed by atoms with Crippen molar-refractivity contribution in [3.63, 3.8) is 0 Å². The summed E-state index contributed by atoms with van der Waals surface area (Å²) in [6.07, 6.45) is 1.42. The average molecular weight is 452 g/mol. The average Bonchev–Trinajstić information content (AvgIpc) is 3.41. The number of carbonyl (C=O) groups is 1. The van der Waals surface area contributed by atoms with Gasteiger partial charge in [0.1, 0.15) is 12.1 Å². The molecule has 2 heterocycles. The number of aromatic nitrogens is 6. The molecule has 0 saturated heterocycles. The van der Waals surface area contributed by atoms with Crippen LogP contribution in [0, 0.1) is 13.8 Å². The molecule has 9 nitrogen and oxygen atoms in total. The smallest absolute Gasteiger partial charge is 0.255 e. The molecule has 2 aromatic heterocycles. The third-order valence-electron chi connectivity index (χ3n) is 5.24. The molecule has 1 amide bonds. The number of hydrogen-bond acceptors (Lipinski definition) is 6. The highest BCUT2D eigenvalue weighted by molar-refractivity contribution is 6.33. The van der Waals surface area contributed by atoms with E-state index in [4.69, 9.17) is 16.3 Å². The number of hydrogen-bond donors (Lipinski definition) is 1. The van der Waals surface area contributed by atoms with Gasteiger partial charge in [0.25, 0.3) is 5.91 Å². The maximum absolute atomic E-state index is 12.9. The van der Waals surface area contributed by atoms with Crippen LogP contribution in [0.5, 0.6) is 5.75 Å². The van der Waals surface area contributed by atoms with E-state index in [0.29, 0.717) is 35.1 Å². The first-order chi connectivity index (χ1) is 15.5. The van der Waals surface area contributed by atoms with Gasteiger partial charge in [0, 0.05) is 23.9 Å². The van der Waals surface area contributed by atoms with Gasteiger partial charge in [-0.25, -0.2) is 0 Å². The molecule has 4 rings (SSSR count). The van der Waals surface area contributed by atoms with Crippen molar-refractivity contribution in [2.75, 3.05) is 7.11 Å². The van der Waals surface area contributed by atoms with Crippen LogP contribution in [0.3, 0.4) is 0 Å². The Balaban J connectivity index is 1.52. The molecule has 0 aliphatic carbocycles. The summed E-state index contributed by atoms with van der Waals surface area (Å²) < 4.78 is 8.76. The standard InChI is InChI=1S/C22H22ClN7O2/c1-14-18(15(2)29(26-14)12-16-7-5-4-6-8-16)11-24-22(31)17-9-19(23)20(10-21(17)32-3)30-13-25-27-28-30/h4-10,13H,11-12H2,1-3H3,(H,24,31). The van der Waals surface area contributed by atoms with Crippen molar-refractivity contribution >= 4 is 17.5 Å². The fourth-order valence-corrected chi connectivity index (χ4v) is 3.75. The van der Waals surface area contributed by atoms with Crippen molar-refractivity contribution in [3.05, 3.63) is 81.9 Å². The van der Waals surface area contributed by atoms with Crippen LogP contribution < -0.4 is 10.1 Å². The van der Waals surface area contributed by atoms with E-state index < -0.39 is 0 Å². The number of tetrazole rings is 1. The Morgan fingerprint density at radius 3 is 2.66 bits per heavy atom. The van der Waals surface area contributed by atoms with Gasteiger partial charge >= 0.3 is 0 Å². The minimum absolute atomic E-state index is 0.304. The second-order valence-electron chi connectivity index (χ2n) is 7.23. The minimum Gasteiger partial charge on any atom is -0.496 e. The van der Waals surface area contributed by atoms with Crippen LogP contribution in [0.1, 0.15) is 32.9 Å². The van der Waals surface area contributed by atoms with Gasteiger partial charge in [0.2, 0.25) is 0 Å². The number of nitrogens with one attached hydrogen (secondary N) is 1. The molecule has 0 bridgehead atoms. The van der Waals surface area contributed by atoms with Crippen LogP contribution in [0.2, 0.25) is 5.02 Å². The van der Waals surface area contributed by atoms with Crippen molar-refractivity contribution in [1.29, 1.82) is 0 Å². The molecule has 164 valence electrons. The molecule has 0 unspecified atom stereocenters. The van der Waals surface area contributed by atoms with Crippen molar-refractivity contribution in [2.45, 2.75) is 26.9 Å². The van der Waals surface area contributed by atoms with E-state index in [1.807, 2.05) is 36.7 Å². The number of rotatable bonds is 7. The summed E-state index contributed by atoms with van der Waals surface area (Å²) in [5, 5.41) is 19.0. The van der Waals surface area contributed by atoms with Crippen LogP contribution >= 0.6 is 11.6 Å². The molecule has 0 atom stereocenters. The van der Waals surface area contributed by atoms with E-state index in [2.05, 4.69) is 38.1 Å². The first-order valence-electron chi connectivity index (χ1n) is 9.93. The van der Waals surface area contributed by atoms with Crippen molar-refractivity contribution in [3.8, 4) is 11.4 Å². The molecule has 0 spiro atoms. The lowest BCUT2D eigenvalue weighted by molar-refractivity contribution is 0.0948. The molecule has 0 radical (unpaired) electrons. The molecule has 0 aliphatic rings. The number of methoxy groups -OCH3 is 1. The Morgan fingerprint density at radius 2 is 1.97 bits per heavy atom. The molecular formula is C22H22ClN7O2. The highest BCUT2D eigenvalue weighted by Gasteiger charge is 2.19. The Morgan fingerprint density at radius 1 is 1.19 bits per heavy atom. The number of ether oxygens (including phenoxy) is 1. The largest absolute Gasteiger partial charge is 0.496 e. The van der Waals surface area contributed by atoms with Crippen molar-refractivity contribution in [1.82, 2.24) is 35.3 Å². The van der Waals surface area contributed by atoms with E-state index in [9.17, 15) is 4.79 Å². The van der Waals surface area contributed by atoms with Gasteiger partial charge in [-0.15, -0.1) is 5.10 Å². The summed E-state index contributed by atoms with van der Waals surface area (Å²) in [5.41, 5.74) is 4.85. The summed E-state index contributed by atoms with van der Waals surface area (Å²) in [6.45, 7) is 4.95. The molecule has 10 heteroatoms. The maximum atomic E-state index is 12.9. The first kappa shape index (κ1) is 21.5. The molecule has 32 heavy (non-hydrogen) atoms. The molecule has 1 N–H and O–H groups in total. The third kappa shape index (κ3) is 4.33. The highest BCUT2D eigenvalue weighted by Crippen LogP contribution is 2.29. The summed E-state index contributed by atoms with van der Waals surface area (Å²) in [7, 11) is 1.49. The third-order valence-corrected chi connectivity index (χ3v) is 5.54. The predicted octanol–water partition coefficient (Wildman–Crippen LogP) is 3.12. The Hall–Kier alpha value is -3.72. The number of nitrogens with zero attached hydrogens (tertiary/aromatic N) is 6. The van der Waals surface area contributed by atoms with Gasteiger partial charge in [-0.2, -0.15) is 9.78 Å². The second kappa shape index (κ2) is 9.19. The maximum Gasteiger partial charge on any atom is 0.255 e. The summed E-state index contributed by atoms with van der Waals surface area (Å²) >= 11 is 6.38. The summed E-state index contributed by atoms with van der Waals surface area (Å²) in [6, 6.07) is 13.3. The lowest BCUT2D eigenvalue weighted by Crippen LogP contribution is -2.24. The number of amides is 1. The number of aryl methyl sites for hydroxylation is 1. The molecule has 4 aromatic rings. The number of halogens is 1. The fraction of sp³-hybridized carbons (Fsp3) is 0.227. The van der Waals surface area contributed by atoms with Crippen molar-refractivity contribution < 1.29 is 9.53 Å². The SMILES string of the molecule is COc1cc(-n2cnnn2)c(Cl)cc1C(=O)NCc1c(C)nn(Cc2ccccc2)c1C. The topological polar surface area (TPSA) is 99.8 Å². The zero-order valence-electron chi connectivity index (χ0n) is 17.9. The first-order valence-corrected chi connectivity index (χ1v) is 10.3. The summed E-state index contributed by atoms with van der Waals surface area (Å²) in [4.78, 5) is 12.9. The van der Waals surface area contributed by atoms with E-state index in [0.717, 1.165) is 22.5 Å². The van der Waals surface area contributed by atoms with Crippen LogP contribution in [0.15, 0.2) is 48.8 Å². The van der Waals surface area contributed by atoms with Crippen molar-refractivity contribution in [2.24, 2.45) is 0 Å². The van der Waals surface area contributed by atoms with Gasteiger partial charge < -0.3 is 10.1 Å². The van der Waals surface area contributed by atoms with E-state index in [1.54, 1.807) is 12.1 Å². The molecule has 0 saturated carbocycles. The fourth-order valence-electron chi connectivity index (χ4n) is 3.50. The molecule has 0 fully saturated rings. The van der Waals surface area contributed by atoms with Crippen LogP contribution in [-0.2, 0) is 13.1 Å². The Labute approximate surface area is 190 Å². The molecule has 0 aliphatic heterocycles. The molecule has 2 aromatic carbocycles. The predicted molar refractivity (Wildman–Crippen MR) is 119 cm³/mol. The van der Waals surface area contributed by atoms with E-state index >= 15 is 0 Å². The quantitative estimate of drug-likeness (QED) is 0.463. The van der Waals surface area contributed by atoms with Crippen LogP contribution in [0.4, 0.5) is 0 Å². The molecular weight excluding hydrogens is 430 g/mol. The lowest BCUT2D eigenvalue weighted by atomic mass is 10.1. The van der Waals surface area contributed by atoms with E-state index in [-0.39, 0.29) is 5.91 Å². The van der Waals surface area contributed by atoms with Gasteiger partial charge in [0.05, 0.1) is 35.6 Å². The Bertz CT molecular complexity index is 1240. The minimum atomic E-state index is -0.304. The zero-order chi connectivity index (χ0) is 22.7. The van der Waals surface area contributed by atoms with Crippen LogP contribution in [0.25, 0.3) is 5.69 Å². The zero-order valence-corrected chi connectivity index (χ0v) is 18.7. The van der Waals surface area contributed by atoms with Gasteiger partial charge in [-0.05, 0) is 35.9 Å². The van der Waals surface area contributed by atoms with Crippen LogP contribution in [-0.4, -0.2) is 43.0 Å². The lowest BCUT2D eigenvalue weighted by Gasteiger charge is -2.13. The van der Waals surface area contributed by atoms with Gasteiger partial charge in [-0.1, -0.05) is 41.9 Å². The number of carbonyl (C=O) groups excluding carboxylic acids is 1. The van der Waals surface area contributed by atoms with Gasteiger partial charge in [-0.3, -0.25) is 9.48 Å². The van der Waals surface area contributed by atoms with Gasteiger partial charge in [0.15, 0.2) is 0 Å². The normalized spacial score (nSPS) is 10.9. The summed E-state index contributed by atoms with van der Waals surface area (Å²) in [5.74, 6) is 0.0623. The number of benzene rings is 2. The highest BCUT2D eigenvalue weighted by atomic mass is 35.5.